The summed E-state index contributed by atoms with van der Waals surface area (Å²) >= 11 is 0. The van der Waals surface area contributed by atoms with Gasteiger partial charge in [-0.25, -0.2) is 0 Å². The van der Waals surface area contributed by atoms with Crippen LogP contribution in [0, 0.1) is 0 Å². The highest BCUT2D eigenvalue weighted by atomic mass is 16.3. The van der Waals surface area contributed by atoms with E-state index in [0.717, 1.165) is 23.5 Å². The number of likely N-dealkylation sites (N-methyl/N-ethyl adjacent to an activating group) is 3. The number of phenols is 1. The van der Waals surface area contributed by atoms with Crippen LogP contribution in [0.5, 0.6) is 5.75 Å². The van der Waals surface area contributed by atoms with E-state index in [4.69, 9.17) is 0 Å². The van der Waals surface area contributed by atoms with Gasteiger partial charge in [-0.1, -0.05) is 0 Å². The van der Waals surface area contributed by atoms with Crippen LogP contribution in [0.3, 0.4) is 0 Å². The number of phenolic OH excluding ortho intramolecular Hbond substituents is 1. The van der Waals surface area contributed by atoms with Gasteiger partial charge in [0.05, 0.1) is 5.69 Å². The van der Waals surface area contributed by atoms with Crippen molar-refractivity contribution in [2.45, 2.75) is 12.7 Å². The second-order valence-electron chi connectivity index (χ2n) is 4.52. The molecule has 0 saturated heterocycles. The summed E-state index contributed by atoms with van der Waals surface area (Å²) in [4.78, 5) is 2.18. The lowest BCUT2D eigenvalue weighted by molar-refractivity contribution is 0.353. The summed E-state index contributed by atoms with van der Waals surface area (Å²) in [5, 5.41) is 19.6. The molecule has 0 radical (unpaired) electrons. The Kier molecular flexibility index (Phi) is 3.68. The monoisotopic (exact) mass is 262 g/mol. The molecule has 0 amide bonds. The zero-order chi connectivity index (χ0) is 14.0. The third kappa shape index (κ3) is 2.05. The Morgan fingerprint density at radius 1 is 1.21 bits per heavy atom. The van der Waals surface area contributed by atoms with Gasteiger partial charge < -0.3 is 15.3 Å². The maximum absolute atomic E-state index is 9.77. The lowest BCUT2D eigenvalue weighted by Crippen LogP contribution is -2.66. The van der Waals surface area contributed by atoms with Crippen LogP contribution in [0.1, 0.15) is 12.5 Å². The molecule has 2 rings (SSSR count). The van der Waals surface area contributed by atoms with Crippen LogP contribution in [-0.4, -0.2) is 38.6 Å². The van der Waals surface area contributed by atoms with Gasteiger partial charge in [-0.15, -0.1) is 0 Å². The molecular weight excluding hydrogens is 240 g/mol. The fourth-order valence-corrected chi connectivity index (χ4v) is 2.69. The Balaban J connectivity index is 2.66. The van der Waals surface area contributed by atoms with Crippen molar-refractivity contribution < 1.29 is 5.11 Å². The Morgan fingerprint density at radius 3 is 2.42 bits per heavy atom. The largest absolute Gasteiger partial charge is 0.508 e. The van der Waals surface area contributed by atoms with E-state index in [9.17, 15) is 5.11 Å². The molecule has 5 nitrogen and oxygen atoms in total. The van der Waals surface area contributed by atoms with Crippen molar-refractivity contribution in [2.24, 2.45) is 0 Å². The van der Waals surface area contributed by atoms with E-state index in [2.05, 4.69) is 33.9 Å². The summed E-state index contributed by atoms with van der Waals surface area (Å²) in [5.41, 5.74) is 3.12. The van der Waals surface area contributed by atoms with Crippen LogP contribution in [-0.2, 0) is 0 Å². The average molecular weight is 262 g/mol. The van der Waals surface area contributed by atoms with E-state index < -0.39 is 5.79 Å². The number of rotatable bonds is 4. The highest BCUT2D eigenvalue weighted by molar-refractivity contribution is 5.81. The molecular formula is C14H22N4O. The first kappa shape index (κ1) is 13.7. The molecule has 0 saturated carbocycles. The molecule has 1 aromatic rings. The van der Waals surface area contributed by atoms with Crippen molar-refractivity contribution in [1.82, 2.24) is 16.0 Å². The van der Waals surface area contributed by atoms with Crippen molar-refractivity contribution in [1.29, 1.82) is 0 Å². The Labute approximate surface area is 114 Å². The average Bonchev–Trinajstić information content (AvgIpc) is 2.45. The number of anilines is 1. The van der Waals surface area contributed by atoms with Gasteiger partial charge in [-0.3, -0.25) is 10.6 Å². The molecule has 0 unspecified atom stereocenters. The maximum Gasteiger partial charge on any atom is 0.168 e. The zero-order valence-electron chi connectivity index (χ0n) is 11.9. The number of nitrogens with zero attached hydrogens (tertiary/aromatic N) is 1. The summed E-state index contributed by atoms with van der Waals surface area (Å²) in [6.07, 6.45) is 2.12. The summed E-state index contributed by atoms with van der Waals surface area (Å²) in [6, 6.07) is 5.45. The predicted octanol–water partition coefficient (Wildman–Crippen LogP) is 0.885. The zero-order valence-corrected chi connectivity index (χ0v) is 11.9. The highest BCUT2D eigenvalue weighted by Crippen LogP contribution is 2.37. The molecule has 19 heavy (non-hydrogen) atoms. The molecule has 1 aromatic carbocycles. The van der Waals surface area contributed by atoms with E-state index >= 15 is 0 Å². The van der Waals surface area contributed by atoms with Gasteiger partial charge >= 0.3 is 0 Å². The van der Waals surface area contributed by atoms with Crippen LogP contribution in [0.15, 0.2) is 24.3 Å². The van der Waals surface area contributed by atoms with Gasteiger partial charge in [0.25, 0.3) is 0 Å². The number of hydrogen-bond acceptors (Lipinski definition) is 5. The molecule has 0 bridgehead atoms. The van der Waals surface area contributed by atoms with Crippen molar-refractivity contribution in [3.05, 3.63) is 29.8 Å². The summed E-state index contributed by atoms with van der Waals surface area (Å²) in [7, 11) is 5.73. The molecule has 5 heteroatoms. The van der Waals surface area contributed by atoms with E-state index in [0.29, 0.717) is 0 Å². The fourth-order valence-electron chi connectivity index (χ4n) is 2.69. The molecule has 0 aromatic heterocycles. The normalized spacial score (nSPS) is 16.8. The molecule has 0 fully saturated rings. The second-order valence-corrected chi connectivity index (χ2v) is 4.52. The number of aromatic hydroxyl groups is 1. The van der Waals surface area contributed by atoms with Gasteiger partial charge in [-0.05, 0) is 39.2 Å². The first-order valence-corrected chi connectivity index (χ1v) is 6.51. The van der Waals surface area contributed by atoms with Gasteiger partial charge in [-0.2, -0.15) is 0 Å². The summed E-state index contributed by atoms with van der Waals surface area (Å²) in [5.74, 6) is -0.191. The molecule has 1 aliphatic rings. The van der Waals surface area contributed by atoms with E-state index in [1.165, 1.54) is 0 Å². The smallest absolute Gasteiger partial charge is 0.168 e. The highest BCUT2D eigenvalue weighted by Gasteiger charge is 2.36. The van der Waals surface area contributed by atoms with Crippen molar-refractivity contribution in [3.8, 4) is 5.75 Å². The SMILES string of the molecule is CCN1c2cc(O)ccc2C(NC)=CC1(NC)NC. The fraction of sp³-hybridized carbons (Fsp3) is 0.429. The molecule has 1 heterocycles. The molecule has 0 aliphatic carbocycles. The van der Waals surface area contributed by atoms with Crippen molar-refractivity contribution in [3.63, 3.8) is 0 Å². The van der Waals surface area contributed by atoms with Gasteiger partial charge in [0.1, 0.15) is 5.75 Å². The minimum atomic E-state index is -0.464. The second kappa shape index (κ2) is 5.11. The lowest BCUT2D eigenvalue weighted by atomic mass is 9.99. The molecule has 1 aliphatic heterocycles. The molecule has 0 spiro atoms. The van der Waals surface area contributed by atoms with Crippen LogP contribution in [0.25, 0.3) is 5.70 Å². The standard InChI is InChI=1S/C14H22N4O/c1-5-18-13-8-10(19)6-7-11(13)12(15-2)9-14(18,16-3)17-4/h6-9,15-17,19H,5H2,1-4H3. The molecule has 104 valence electrons. The summed E-state index contributed by atoms with van der Waals surface area (Å²) < 4.78 is 0. The van der Waals surface area contributed by atoms with Gasteiger partial charge in [0.15, 0.2) is 5.79 Å². The van der Waals surface area contributed by atoms with Crippen LogP contribution in [0.4, 0.5) is 5.69 Å². The van der Waals surface area contributed by atoms with E-state index in [-0.39, 0.29) is 5.75 Å². The van der Waals surface area contributed by atoms with Gasteiger partial charge in [0, 0.05) is 30.9 Å². The van der Waals surface area contributed by atoms with Crippen LogP contribution >= 0.6 is 0 Å². The Hall–Kier alpha value is -1.72. The van der Waals surface area contributed by atoms with E-state index in [1.807, 2.05) is 27.2 Å². The molecule has 0 atom stereocenters. The number of hydrogen-bond donors (Lipinski definition) is 4. The minimum Gasteiger partial charge on any atom is -0.508 e. The predicted molar refractivity (Wildman–Crippen MR) is 79.0 cm³/mol. The minimum absolute atomic E-state index is 0.274. The first-order chi connectivity index (χ1) is 9.11. The van der Waals surface area contributed by atoms with Gasteiger partial charge in [0.2, 0.25) is 0 Å². The molecule has 4 N–H and O–H groups in total. The number of nitrogens with one attached hydrogen (secondary N) is 3. The lowest BCUT2D eigenvalue weighted by Gasteiger charge is -2.46. The van der Waals surface area contributed by atoms with Crippen LogP contribution < -0.4 is 20.9 Å². The summed E-state index contributed by atoms with van der Waals surface area (Å²) in [6.45, 7) is 2.90. The Bertz CT molecular complexity index is 494. The van der Waals surface area contributed by atoms with E-state index in [1.54, 1.807) is 12.1 Å². The third-order valence-electron chi connectivity index (χ3n) is 3.69. The quantitative estimate of drug-likeness (QED) is 0.607. The van der Waals surface area contributed by atoms with Crippen LogP contribution in [0.2, 0.25) is 0 Å². The van der Waals surface area contributed by atoms with Crippen molar-refractivity contribution in [2.75, 3.05) is 32.6 Å². The number of fused-ring (bicyclic) bond motifs is 1. The maximum atomic E-state index is 9.77. The first-order valence-electron chi connectivity index (χ1n) is 6.51. The Morgan fingerprint density at radius 2 is 1.89 bits per heavy atom. The van der Waals surface area contributed by atoms with Crippen molar-refractivity contribution >= 4 is 11.4 Å². The topological polar surface area (TPSA) is 59.6 Å². The third-order valence-corrected chi connectivity index (χ3v) is 3.69. The number of benzene rings is 1.